The molecule has 3 rings (SSSR count). The molecule has 1 fully saturated rings. The van der Waals surface area contributed by atoms with Crippen LogP contribution in [0, 0.1) is 0 Å². The Morgan fingerprint density at radius 3 is 3.00 bits per heavy atom. The maximum Gasteiger partial charge on any atom is 0.255 e. The van der Waals surface area contributed by atoms with Crippen molar-refractivity contribution in [3.8, 4) is 0 Å². The zero-order valence-corrected chi connectivity index (χ0v) is 12.4. The van der Waals surface area contributed by atoms with E-state index in [1.165, 1.54) is 6.20 Å². The molecule has 2 aromatic heterocycles. The first-order valence-electron chi connectivity index (χ1n) is 6.75. The summed E-state index contributed by atoms with van der Waals surface area (Å²) in [6.45, 7) is 2.05. The van der Waals surface area contributed by atoms with Crippen LogP contribution in [0.4, 0.5) is 0 Å². The molecule has 21 heavy (non-hydrogen) atoms. The summed E-state index contributed by atoms with van der Waals surface area (Å²) in [6, 6.07) is 1.73. The molecule has 1 aliphatic heterocycles. The molecular formula is C14H16ClN5O. The third-order valence-electron chi connectivity index (χ3n) is 3.77. The van der Waals surface area contributed by atoms with Gasteiger partial charge in [-0.05, 0) is 13.1 Å². The Balaban J connectivity index is 1.80. The van der Waals surface area contributed by atoms with E-state index >= 15 is 0 Å². The third-order valence-corrected chi connectivity index (χ3v) is 4.07. The lowest BCUT2D eigenvalue weighted by Gasteiger charge is -2.38. The first kappa shape index (κ1) is 14.0. The van der Waals surface area contributed by atoms with Crippen LogP contribution < -0.4 is 0 Å². The van der Waals surface area contributed by atoms with Gasteiger partial charge in [0.05, 0.1) is 16.6 Å². The lowest BCUT2D eigenvalue weighted by atomic mass is 10.1. The standard InChI is InChI=1S/C14H16ClN5O/c1-19-6-7-20(9-12(19)13-17-4-5-18-13)14(21)10-2-3-16-8-11(10)15/h2-5,8,12H,6-7,9H2,1H3,(H,17,18)/t12-/m0/s1. The Kier molecular flexibility index (Phi) is 3.90. The third kappa shape index (κ3) is 2.77. The molecule has 0 aliphatic carbocycles. The highest BCUT2D eigenvalue weighted by Gasteiger charge is 2.30. The number of nitrogens with one attached hydrogen (secondary N) is 1. The molecule has 0 saturated carbocycles. The van der Waals surface area contributed by atoms with E-state index in [4.69, 9.17) is 11.6 Å². The number of imidazole rings is 1. The number of H-pyrrole nitrogens is 1. The highest BCUT2D eigenvalue weighted by molar-refractivity contribution is 6.33. The van der Waals surface area contributed by atoms with Crippen LogP contribution in [0.1, 0.15) is 22.2 Å². The summed E-state index contributed by atoms with van der Waals surface area (Å²) in [5, 5.41) is 0.385. The number of aromatic amines is 1. The molecule has 1 aliphatic rings. The fourth-order valence-corrected chi connectivity index (χ4v) is 2.73. The van der Waals surface area contributed by atoms with Gasteiger partial charge in [-0.3, -0.25) is 14.7 Å². The molecule has 1 saturated heterocycles. The van der Waals surface area contributed by atoms with Crippen LogP contribution in [0.3, 0.4) is 0 Å². The van der Waals surface area contributed by atoms with Crippen molar-refractivity contribution in [1.29, 1.82) is 0 Å². The van der Waals surface area contributed by atoms with Gasteiger partial charge in [0.15, 0.2) is 0 Å². The number of halogens is 1. The minimum atomic E-state index is -0.0629. The number of nitrogens with zero attached hydrogens (tertiary/aromatic N) is 4. The van der Waals surface area contributed by atoms with E-state index in [0.29, 0.717) is 23.7 Å². The summed E-state index contributed by atoms with van der Waals surface area (Å²) in [7, 11) is 2.04. The first-order valence-corrected chi connectivity index (χ1v) is 7.13. The second-order valence-electron chi connectivity index (χ2n) is 5.08. The Morgan fingerprint density at radius 1 is 1.43 bits per heavy atom. The normalized spacial score (nSPS) is 19.7. The summed E-state index contributed by atoms with van der Waals surface area (Å²) in [5.74, 6) is 0.808. The average Bonchev–Trinajstić information content (AvgIpc) is 3.01. The maximum absolute atomic E-state index is 12.6. The van der Waals surface area contributed by atoms with Crippen molar-refractivity contribution in [2.75, 3.05) is 26.7 Å². The van der Waals surface area contributed by atoms with E-state index in [-0.39, 0.29) is 11.9 Å². The predicted octanol–water partition coefficient (Wildman–Crippen LogP) is 1.59. The van der Waals surface area contributed by atoms with Crippen molar-refractivity contribution in [3.05, 3.63) is 47.3 Å². The molecule has 1 atom stereocenters. The van der Waals surface area contributed by atoms with Crippen LogP contribution in [0.25, 0.3) is 0 Å². The lowest BCUT2D eigenvalue weighted by molar-refractivity contribution is 0.0534. The number of likely N-dealkylation sites (N-methyl/N-ethyl adjacent to an activating group) is 1. The molecular weight excluding hydrogens is 290 g/mol. The van der Waals surface area contributed by atoms with Crippen molar-refractivity contribution >= 4 is 17.5 Å². The quantitative estimate of drug-likeness (QED) is 0.915. The Labute approximate surface area is 127 Å². The topological polar surface area (TPSA) is 65.1 Å². The Morgan fingerprint density at radius 2 is 2.29 bits per heavy atom. The van der Waals surface area contributed by atoms with Gasteiger partial charge in [-0.15, -0.1) is 0 Å². The molecule has 0 spiro atoms. The average molecular weight is 306 g/mol. The maximum atomic E-state index is 12.6. The monoisotopic (exact) mass is 305 g/mol. The Hall–Kier alpha value is -1.92. The van der Waals surface area contributed by atoms with Gasteiger partial charge in [0.2, 0.25) is 0 Å². The largest absolute Gasteiger partial charge is 0.347 e. The molecule has 110 valence electrons. The molecule has 0 aromatic carbocycles. The van der Waals surface area contributed by atoms with Gasteiger partial charge in [-0.25, -0.2) is 4.98 Å². The molecule has 0 bridgehead atoms. The van der Waals surface area contributed by atoms with Gasteiger partial charge in [-0.2, -0.15) is 0 Å². The van der Waals surface area contributed by atoms with Gasteiger partial charge in [-0.1, -0.05) is 11.6 Å². The van der Waals surface area contributed by atoms with E-state index in [0.717, 1.165) is 12.4 Å². The van der Waals surface area contributed by atoms with Crippen LogP contribution in [0.15, 0.2) is 30.9 Å². The van der Waals surface area contributed by atoms with E-state index in [1.807, 2.05) is 11.9 Å². The smallest absolute Gasteiger partial charge is 0.255 e. The van der Waals surface area contributed by atoms with Crippen molar-refractivity contribution < 1.29 is 4.79 Å². The number of amides is 1. The molecule has 1 amide bonds. The van der Waals surface area contributed by atoms with Crippen molar-refractivity contribution in [2.45, 2.75) is 6.04 Å². The number of rotatable bonds is 2. The number of carbonyl (C=O) groups excluding carboxylic acids is 1. The Bertz CT molecular complexity index is 630. The van der Waals surface area contributed by atoms with E-state index < -0.39 is 0 Å². The van der Waals surface area contributed by atoms with Gasteiger partial charge < -0.3 is 9.88 Å². The van der Waals surface area contributed by atoms with Crippen LogP contribution in [-0.4, -0.2) is 57.3 Å². The summed E-state index contributed by atoms with van der Waals surface area (Å²) < 4.78 is 0. The fourth-order valence-electron chi connectivity index (χ4n) is 2.53. The number of aromatic nitrogens is 3. The summed E-state index contributed by atoms with van der Waals surface area (Å²) >= 11 is 6.06. The lowest BCUT2D eigenvalue weighted by Crippen LogP contribution is -2.49. The molecule has 6 nitrogen and oxygen atoms in total. The molecule has 1 N–H and O–H groups in total. The highest BCUT2D eigenvalue weighted by Crippen LogP contribution is 2.24. The highest BCUT2D eigenvalue weighted by atomic mass is 35.5. The molecule has 2 aromatic rings. The van der Waals surface area contributed by atoms with Gasteiger partial charge in [0.1, 0.15) is 5.82 Å². The van der Waals surface area contributed by atoms with Crippen LogP contribution in [0.2, 0.25) is 5.02 Å². The van der Waals surface area contributed by atoms with Gasteiger partial charge in [0, 0.05) is 44.4 Å². The van der Waals surface area contributed by atoms with Crippen LogP contribution in [-0.2, 0) is 0 Å². The summed E-state index contributed by atoms with van der Waals surface area (Å²) in [5.41, 5.74) is 0.495. The number of hydrogen-bond acceptors (Lipinski definition) is 4. The van der Waals surface area contributed by atoms with Crippen molar-refractivity contribution in [1.82, 2.24) is 24.8 Å². The van der Waals surface area contributed by atoms with E-state index in [2.05, 4.69) is 19.9 Å². The van der Waals surface area contributed by atoms with E-state index in [1.54, 1.807) is 24.7 Å². The van der Waals surface area contributed by atoms with Crippen LogP contribution >= 0.6 is 11.6 Å². The fraction of sp³-hybridized carbons (Fsp3) is 0.357. The van der Waals surface area contributed by atoms with E-state index in [9.17, 15) is 4.79 Å². The minimum Gasteiger partial charge on any atom is -0.347 e. The molecule has 7 heteroatoms. The van der Waals surface area contributed by atoms with Crippen molar-refractivity contribution in [2.24, 2.45) is 0 Å². The van der Waals surface area contributed by atoms with Crippen molar-refractivity contribution in [3.63, 3.8) is 0 Å². The first-order chi connectivity index (χ1) is 10.2. The predicted molar refractivity (Wildman–Crippen MR) is 79.1 cm³/mol. The molecule has 3 heterocycles. The number of pyridine rings is 1. The zero-order chi connectivity index (χ0) is 14.8. The minimum absolute atomic E-state index is 0.0629. The number of piperazine rings is 1. The van der Waals surface area contributed by atoms with Gasteiger partial charge >= 0.3 is 0 Å². The summed E-state index contributed by atoms with van der Waals surface area (Å²) in [6.07, 6.45) is 6.60. The molecule has 0 unspecified atom stereocenters. The summed E-state index contributed by atoms with van der Waals surface area (Å²) in [4.78, 5) is 28.0. The van der Waals surface area contributed by atoms with Crippen LogP contribution in [0.5, 0.6) is 0 Å². The van der Waals surface area contributed by atoms with Gasteiger partial charge in [0.25, 0.3) is 5.91 Å². The SMILES string of the molecule is CN1CCN(C(=O)c2ccncc2Cl)C[C@H]1c1ncc[nH]1. The number of carbonyl (C=O) groups is 1. The molecule has 0 radical (unpaired) electrons. The second kappa shape index (κ2) is 5.83. The zero-order valence-electron chi connectivity index (χ0n) is 11.7. The number of hydrogen-bond donors (Lipinski definition) is 1. The second-order valence-corrected chi connectivity index (χ2v) is 5.48.